The molecule has 3 rings (SSSR count). The van der Waals surface area contributed by atoms with Crippen LogP contribution in [0, 0.1) is 20.2 Å². The van der Waals surface area contributed by atoms with Gasteiger partial charge in [-0.15, -0.1) is 0 Å². The molecule has 0 aliphatic rings. The summed E-state index contributed by atoms with van der Waals surface area (Å²) in [6, 6.07) is 6.83. The Hall–Kier alpha value is -4.77. The van der Waals surface area contributed by atoms with Crippen molar-refractivity contribution in [1.82, 2.24) is 9.97 Å². The topological polar surface area (TPSA) is 150 Å². The number of benzene rings is 2. The standard InChI is InChI=1S/C20H10F8N6O4/c21-18(22,20(26,27)28)14-13(19(23,24)25)17(31-15(29)9-1-5-11(6-2-9)33(35)36)32-16(30-14)10-3-7-12(8-4-10)34(37)38/h1-8H,(H2,29,30,31,32). The second kappa shape index (κ2) is 9.60. The lowest BCUT2D eigenvalue weighted by Crippen LogP contribution is -2.37. The van der Waals surface area contributed by atoms with Gasteiger partial charge < -0.3 is 5.73 Å². The van der Waals surface area contributed by atoms with E-state index >= 15 is 0 Å². The minimum atomic E-state index is -6.53. The maximum atomic E-state index is 14.3. The van der Waals surface area contributed by atoms with Gasteiger partial charge in [-0.25, -0.2) is 15.0 Å². The van der Waals surface area contributed by atoms with Crippen molar-refractivity contribution in [2.24, 2.45) is 10.7 Å². The lowest BCUT2D eigenvalue weighted by atomic mass is 10.1. The SMILES string of the molecule is NC(=Nc1nc(-c2ccc([N+](=O)[O-])cc2)nc(C(F)(F)C(F)(F)F)c1C(F)(F)F)c1ccc([N+](=O)[O-])cc1. The number of nitrogens with two attached hydrogens (primary N) is 1. The molecule has 0 fully saturated rings. The number of hydrogen-bond donors (Lipinski definition) is 1. The van der Waals surface area contributed by atoms with E-state index in [-0.39, 0.29) is 5.56 Å². The van der Waals surface area contributed by atoms with Gasteiger partial charge in [0.2, 0.25) is 0 Å². The molecule has 10 nitrogen and oxygen atoms in total. The van der Waals surface area contributed by atoms with Crippen LogP contribution < -0.4 is 5.73 Å². The Morgan fingerprint density at radius 1 is 0.789 bits per heavy atom. The molecular weight excluding hydrogens is 540 g/mol. The fraction of sp³-hybridized carbons (Fsp3) is 0.150. The molecule has 0 spiro atoms. The van der Waals surface area contributed by atoms with Gasteiger partial charge >= 0.3 is 18.3 Å². The smallest absolute Gasteiger partial charge is 0.383 e. The second-order valence-corrected chi connectivity index (χ2v) is 7.27. The van der Waals surface area contributed by atoms with E-state index in [1.807, 2.05) is 0 Å². The van der Waals surface area contributed by atoms with E-state index < -0.39 is 73.8 Å². The largest absolute Gasteiger partial charge is 0.459 e. The zero-order chi connectivity index (χ0) is 28.6. The third-order valence-electron chi connectivity index (χ3n) is 4.76. The molecule has 2 aromatic carbocycles. The number of nitro benzene ring substituents is 2. The number of nitrogens with zero attached hydrogens (tertiary/aromatic N) is 5. The van der Waals surface area contributed by atoms with E-state index in [2.05, 4.69) is 15.0 Å². The number of halogens is 8. The fourth-order valence-electron chi connectivity index (χ4n) is 2.95. The summed E-state index contributed by atoms with van der Waals surface area (Å²) >= 11 is 0. The van der Waals surface area contributed by atoms with Crippen LogP contribution >= 0.6 is 0 Å². The van der Waals surface area contributed by atoms with Gasteiger partial charge in [0.15, 0.2) is 11.6 Å². The van der Waals surface area contributed by atoms with Crippen molar-refractivity contribution in [2.75, 3.05) is 0 Å². The van der Waals surface area contributed by atoms with E-state index in [1.54, 1.807) is 0 Å². The van der Waals surface area contributed by atoms with Crippen molar-refractivity contribution in [2.45, 2.75) is 18.3 Å². The highest BCUT2D eigenvalue weighted by Crippen LogP contribution is 2.50. The molecule has 0 aliphatic carbocycles. The first-order valence-corrected chi connectivity index (χ1v) is 9.71. The van der Waals surface area contributed by atoms with E-state index in [9.17, 15) is 55.4 Å². The van der Waals surface area contributed by atoms with Crippen molar-refractivity contribution in [3.05, 3.63) is 85.6 Å². The minimum absolute atomic E-state index is 0.261. The number of amidine groups is 1. The van der Waals surface area contributed by atoms with Crippen molar-refractivity contribution in [3.63, 3.8) is 0 Å². The number of nitro groups is 2. The molecule has 0 saturated heterocycles. The molecule has 3 aromatic rings. The summed E-state index contributed by atoms with van der Waals surface area (Å²) in [5, 5.41) is 21.6. The molecule has 0 saturated carbocycles. The van der Waals surface area contributed by atoms with Crippen LogP contribution in [-0.4, -0.2) is 31.8 Å². The molecule has 1 aromatic heterocycles. The number of non-ortho nitro benzene ring substituents is 2. The Kier molecular flexibility index (Phi) is 7.02. The second-order valence-electron chi connectivity index (χ2n) is 7.27. The number of hydrogen-bond acceptors (Lipinski definition) is 7. The molecule has 0 radical (unpaired) electrons. The van der Waals surface area contributed by atoms with Crippen LogP contribution in [0.15, 0.2) is 53.5 Å². The van der Waals surface area contributed by atoms with Crippen LogP contribution in [0.3, 0.4) is 0 Å². The Labute approximate surface area is 204 Å². The predicted octanol–water partition coefficient (Wildman–Crippen LogP) is 5.67. The lowest BCUT2D eigenvalue weighted by molar-refractivity contribution is -0.385. The Morgan fingerprint density at radius 2 is 1.26 bits per heavy atom. The van der Waals surface area contributed by atoms with Crippen LogP contribution in [-0.2, 0) is 12.1 Å². The highest BCUT2D eigenvalue weighted by Gasteiger charge is 2.63. The van der Waals surface area contributed by atoms with Crippen molar-refractivity contribution in [1.29, 1.82) is 0 Å². The monoisotopic (exact) mass is 550 g/mol. The van der Waals surface area contributed by atoms with Crippen LogP contribution in [0.2, 0.25) is 0 Å². The zero-order valence-electron chi connectivity index (χ0n) is 18.1. The molecule has 0 amide bonds. The van der Waals surface area contributed by atoms with Gasteiger partial charge in [0, 0.05) is 35.4 Å². The molecule has 0 atom stereocenters. The van der Waals surface area contributed by atoms with Crippen LogP contribution in [0.4, 0.5) is 52.3 Å². The van der Waals surface area contributed by atoms with E-state index in [1.165, 1.54) is 0 Å². The van der Waals surface area contributed by atoms with Gasteiger partial charge in [0.25, 0.3) is 11.4 Å². The van der Waals surface area contributed by atoms with Gasteiger partial charge in [0.05, 0.1) is 9.85 Å². The molecule has 0 aliphatic heterocycles. The molecule has 18 heteroatoms. The Bertz CT molecular complexity index is 1420. The highest BCUT2D eigenvalue weighted by atomic mass is 19.4. The summed E-state index contributed by atoms with van der Waals surface area (Å²) in [4.78, 5) is 29.4. The predicted molar refractivity (Wildman–Crippen MR) is 113 cm³/mol. The van der Waals surface area contributed by atoms with E-state index in [0.717, 1.165) is 48.5 Å². The summed E-state index contributed by atoms with van der Waals surface area (Å²) in [5.74, 6) is -9.86. The minimum Gasteiger partial charge on any atom is -0.383 e. The first-order valence-electron chi connectivity index (χ1n) is 9.71. The molecular formula is C20H10F8N6O4. The number of alkyl halides is 8. The maximum Gasteiger partial charge on any atom is 0.459 e. The van der Waals surface area contributed by atoms with Crippen molar-refractivity contribution >= 4 is 23.0 Å². The van der Waals surface area contributed by atoms with E-state index in [0.29, 0.717) is 0 Å². The number of rotatable bonds is 6. The lowest BCUT2D eigenvalue weighted by Gasteiger charge is -2.23. The Balaban J connectivity index is 2.35. The molecule has 1 heterocycles. The first-order chi connectivity index (χ1) is 17.4. The summed E-state index contributed by atoms with van der Waals surface area (Å²) < 4.78 is 110. The van der Waals surface area contributed by atoms with Crippen LogP contribution in [0.5, 0.6) is 0 Å². The third kappa shape index (κ3) is 5.47. The van der Waals surface area contributed by atoms with Crippen molar-refractivity contribution in [3.8, 4) is 11.4 Å². The summed E-state index contributed by atoms with van der Waals surface area (Å²) in [7, 11) is 0. The van der Waals surface area contributed by atoms with Gasteiger partial charge in [-0.3, -0.25) is 20.2 Å². The molecule has 0 unspecified atom stereocenters. The van der Waals surface area contributed by atoms with Gasteiger partial charge in [-0.2, -0.15) is 35.1 Å². The maximum absolute atomic E-state index is 14.3. The summed E-state index contributed by atoms with van der Waals surface area (Å²) in [6.07, 6.45) is -12.4. The van der Waals surface area contributed by atoms with Gasteiger partial charge in [-0.05, 0) is 24.3 Å². The summed E-state index contributed by atoms with van der Waals surface area (Å²) in [6.45, 7) is 0. The van der Waals surface area contributed by atoms with Crippen molar-refractivity contribution < 1.29 is 45.0 Å². The molecule has 200 valence electrons. The quantitative estimate of drug-likeness (QED) is 0.137. The zero-order valence-corrected chi connectivity index (χ0v) is 18.1. The van der Waals surface area contributed by atoms with Gasteiger partial charge in [0.1, 0.15) is 17.1 Å². The normalized spacial score (nSPS) is 12.9. The first kappa shape index (κ1) is 27.8. The van der Waals surface area contributed by atoms with Crippen LogP contribution in [0.25, 0.3) is 11.4 Å². The van der Waals surface area contributed by atoms with E-state index in [4.69, 9.17) is 5.73 Å². The Morgan fingerprint density at radius 3 is 1.68 bits per heavy atom. The fourth-order valence-corrected chi connectivity index (χ4v) is 2.95. The number of aromatic nitrogens is 2. The highest BCUT2D eigenvalue weighted by molar-refractivity contribution is 5.99. The average molecular weight is 550 g/mol. The number of aliphatic imine (C=N–C) groups is 1. The average Bonchev–Trinajstić information content (AvgIpc) is 2.82. The van der Waals surface area contributed by atoms with Gasteiger partial charge in [-0.1, -0.05) is 0 Å². The summed E-state index contributed by atoms with van der Waals surface area (Å²) in [5.41, 5.74) is -1.52. The molecule has 0 bridgehead atoms. The third-order valence-corrected chi connectivity index (χ3v) is 4.76. The molecule has 38 heavy (non-hydrogen) atoms. The molecule has 2 N–H and O–H groups in total. The van der Waals surface area contributed by atoms with Crippen LogP contribution in [0.1, 0.15) is 16.8 Å².